The van der Waals surface area contributed by atoms with E-state index in [9.17, 15) is 0 Å². The van der Waals surface area contributed by atoms with Crippen LogP contribution in [0.5, 0.6) is 0 Å². The van der Waals surface area contributed by atoms with E-state index in [1.165, 1.54) is 5.56 Å². The molecule has 1 aromatic carbocycles. The molecule has 1 atom stereocenters. The van der Waals surface area contributed by atoms with Crippen molar-refractivity contribution in [1.29, 1.82) is 0 Å². The molecule has 0 aliphatic rings. The van der Waals surface area contributed by atoms with Gasteiger partial charge < -0.3 is 10.1 Å². The van der Waals surface area contributed by atoms with E-state index in [0.717, 1.165) is 44.0 Å². The molecule has 0 aliphatic carbocycles. The number of ether oxygens (including phenoxy) is 1. The summed E-state index contributed by atoms with van der Waals surface area (Å²) in [7, 11) is 2.00. The maximum Gasteiger partial charge on any atom is 0.0469 e. The van der Waals surface area contributed by atoms with Gasteiger partial charge in [-0.05, 0) is 56.5 Å². The fourth-order valence-corrected chi connectivity index (χ4v) is 2.14. The number of halogens is 1. The van der Waals surface area contributed by atoms with Crippen molar-refractivity contribution in [1.82, 2.24) is 5.32 Å². The zero-order chi connectivity index (χ0) is 13.2. The first-order valence-corrected chi connectivity index (χ1v) is 7.10. The number of nitrogens with one attached hydrogen (secondary N) is 1. The summed E-state index contributed by atoms with van der Waals surface area (Å²) in [6.45, 7) is 4.89. The van der Waals surface area contributed by atoms with E-state index in [0.29, 0.717) is 5.92 Å². The topological polar surface area (TPSA) is 21.3 Å². The molecule has 1 aromatic rings. The van der Waals surface area contributed by atoms with Gasteiger partial charge in [0.25, 0.3) is 0 Å². The summed E-state index contributed by atoms with van der Waals surface area (Å²) in [5.74, 6) is 0.619. The minimum atomic E-state index is 0.619. The van der Waals surface area contributed by atoms with E-state index >= 15 is 0 Å². The van der Waals surface area contributed by atoms with Crippen LogP contribution in [0.15, 0.2) is 24.3 Å². The molecule has 0 aliphatic heterocycles. The summed E-state index contributed by atoms with van der Waals surface area (Å²) in [6.07, 6.45) is 3.27. The average molecular weight is 270 g/mol. The van der Waals surface area contributed by atoms with Crippen molar-refractivity contribution in [3.8, 4) is 0 Å². The predicted octanol–water partition coefficient (Wildman–Crippen LogP) is 3.53. The van der Waals surface area contributed by atoms with Crippen LogP contribution in [-0.2, 0) is 11.2 Å². The minimum absolute atomic E-state index is 0.619. The molecule has 0 radical (unpaired) electrons. The van der Waals surface area contributed by atoms with Gasteiger partial charge in [-0.1, -0.05) is 30.7 Å². The number of benzene rings is 1. The van der Waals surface area contributed by atoms with E-state index < -0.39 is 0 Å². The van der Waals surface area contributed by atoms with Crippen molar-refractivity contribution in [2.75, 3.05) is 26.8 Å². The van der Waals surface area contributed by atoms with Crippen LogP contribution in [-0.4, -0.2) is 26.8 Å². The Balaban J connectivity index is 2.38. The van der Waals surface area contributed by atoms with Gasteiger partial charge in [-0.15, -0.1) is 0 Å². The summed E-state index contributed by atoms with van der Waals surface area (Å²) in [5, 5.41) is 4.06. The standard InChI is InChI=1S/C15H24ClNO/c1-3-9-18-10-8-14(12-17-2)11-13-4-6-15(16)7-5-13/h4-7,14,17H,3,8-12H2,1-2H3. The molecule has 1 N–H and O–H groups in total. The molecule has 1 rings (SSSR count). The quantitative estimate of drug-likeness (QED) is 0.693. The highest BCUT2D eigenvalue weighted by molar-refractivity contribution is 6.30. The summed E-state index contributed by atoms with van der Waals surface area (Å²) in [5.41, 5.74) is 1.34. The average Bonchev–Trinajstić information content (AvgIpc) is 2.37. The molecule has 0 saturated heterocycles. The summed E-state index contributed by atoms with van der Waals surface area (Å²) >= 11 is 5.90. The van der Waals surface area contributed by atoms with Crippen LogP contribution < -0.4 is 5.32 Å². The molecule has 1 unspecified atom stereocenters. The Morgan fingerprint density at radius 3 is 2.56 bits per heavy atom. The van der Waals surface area contributed by atoms with Crippen LogP contribution in [0.2, 0.25) is 5.02 Å². The van der Waals surface area contributed by atoms with Gasteiger partial charge in [-0.3, -0.25) is 0 Å². The molecule has 18 heavy (non-hydrogen) atoms. The highest BCUT2D eigenvalue weighted by Crippen LogP contribution is 2.15. The Labute approximate surface area is 116 Å². The Kier molecular flexibility index (Phi) is 8.06. The molecule has 0 fully saturated rings. The molecular weight excluding hydrogens is 246 g/mol. The van der Waals surface area contributed by atoms with E-state index in [2.05, 4.69) is 24.4 Å². The van der Waals surface area contributed by atoms with Gasteiger partial charge >= 0.3 is 0 Å². The van der Waals surface area contributed by atoms with Crippen molar-refractivity contribution in [3.63, 3.8) is 0 Å². The lowest BCUT2D eigenvalue weighted by molar-refractivity contribution is 0.120. The van der Waals surface area contributed by atoms with Gasteiger partial charge in [0, 0.05) is 18.2 Å². The van der Waals surface area contributed by atoms with Crippen molar-refractivity contribution in [2.45, 2.75) is 26.2 Å². The van der Waals surface area contributed by atoms with E-state index in [1.54, 1.807) is 0 Å². The summed E-state index contributed by atoms with van der Waals surface area (Å²) in [6, 6.07) is 8.14. The van der Waals surface area contributed by atoms with Crippen LogP contribution in [0.25, 0.3) is 0 Å². The third kappa shape index (κ3) is 6.39. The van der Waals surface area contributed by atoms with Crippen molar-refractivity contribution >= 4 is 11.6 Å². The number of rotatable bonds is 9. The summed E-state index contributed by atoms with van der Waals surface area (Å²) in [4.78, 5) is 0. The monoisotopic (exact) mass is 269 g/mol. The SMILES string of the molecule is CCCOCCC(CNC)Cc1ccc(Cl)cc1. The van der Waals surface area contributed by atoms with Gasteiger partial charge in [0.1, 0.15) is 0 Å². The molecule has 0 heterocycles. The fourth-order valence-electron chi connectivity index (χ4n) is 2.02. The molecule has 0 aromatic heterocycles. The zero-order valence-corrected chi connectivity index (χ0v) is 12.2. The van der Waals surface area contributed by atoms with Crippen molar-refractivity contribution in [2.24, 2.45) is 5.92 Å². The van der Waals surface area contributed by atoms with Crippen molar-refractivity contribution < 1.29 is 4.74 Å². The first-order valence-electron chi connectivity index (χ1n) is 6.73. The third-order valence-electron chi connectivity index (χ3n) is 2.95. The van der Waals surface area contributed by atoms with E-state index in [1.807, 2.05) is 19.2 Å². The van der Waals surface area contributed by atoms with Crippen LogP contribution in [0, 0.1) is 5.92 Å². The Morgan fingerprint density at radius 2 is 1.94 bits per heavy atom. The molecule has 3 heteroatoms. The maximum atomic E-state index is 5.90. The lowest BCUT2D eigenvalue weighted by atomic mass is 9.96. The van der Waals surface area contributed by atoms with Crippen molar-refractivity contribution in [3.05, 3.63) is 34.9 Å². The number of hydrogen-bond acceptors (Lipinski definition) is 2. The maximum absolute atomic E-state index is 5.90. The highest BCUT2D eigenvalue weighted by atomic mass is 35.5. The van der Waals surface area contributed by atoms with Crippen LogP contribution in [0.3, 0.4) is 0 Å². The van der Waals surface area contributed by atoms with Gasteiger partial charge in [0.05, 0.1) is 0 Å². The van der Waals surface area contributed by atoms with Crippen LogP contribution in [0.4, 0.5) is 0 Å². The molecule has 0 spiro atoms. The van der Waals surface area contributed by atoms with Gasteiger partial charge in [-0.2, -0.15) is 0 Å². The smallest absolute Gasteiger partial charge is 0.0469 e. The van der Waals surface area contributed by atoms with Gasteiger partial charge in [-0.25, -0.2) is 0 Å². The minimum Gasteiger partial charge on any atom is -0.381 e. The third-order valence-corrected chi connectivity index (χ3v) is 3.20. The molecule has 102 valence electrons. The molecule has 0 bridgehead atoms. The number of hydrogen-bond donors (Lipinski definition) is 1. The Hall–Kier alpha value is -0.570. The normalized spacial score (nSPS) is 12.6. The Bertz CT molecular complexity index is 313. The molecule has 0 saturated carbocycles. The molecular formula is C15H24ClNO. The second-order valence-corrected chi connectivity index (χ2v) is 5.09. The van der Waals surface area contributed by atoms with Gasteiger partial charge in [0.2, 0.25) is 0 Å². The predicted molar refractivity (Wildman–Crippen MR) is 78.3 cm³/mol. The zero-order valence-electron chi connectivity index (χ0n) is 11.4. The van der Waals surface area contributed by atoms with Crippen LogP contribution >= 0.6 is 11.6 Å². The van der Waals surface area contributed by atoms with E-state index in [4.69, 9.17) is 16.3 Å². The first-order chi connectivity index (χ1) is 8.76. The molecule has 2 nitrogen and oxygen atoms in total. The summed E-state index contributed by atoms with van der Waals surface area (Å²) < 4.78 is 5.57. The lowest BCUT2D eigenvalue weighted by Crippen LogP contribution is -2.22. The second-order valence-electron chi connectivity index (χ2n) is 4.66. The Morgan fingerprint density at radius 1 is 1.22 bits per heavy atom. The highest BCUT2D eigenvalue weighted by Gasteiger charge is 2.09. The van der Waals surface area contributed by atoms with Gasteiger partial charge in [0.15, 0.2) is 0 Å². The van der Waals surface area contributed by atoms with Crippen LogP contribution in [0.1, 0.15) is 25.3 Å². The molecule has 0 amide bonds. The first kappa shape index (κ1) is 15.5. The largest absolute Gasteiger partial charge is 0.381 e. The second kappa shape index (κ2) is 9.37. The van der Waals surface area contributed by atoms with E-state index in [-0.39, 0.29) is 0 Å². The lowest BCUT2D eigenvalue weighted by Gasteiger charge is -2.16. The fraction of sp³-hybridized carbons (Fsp3) is 0.600.